The van der Waals surface area contributed by atoms with Crippen molar-refractivity contribution in [1.29, 1.82) is 0 Å². The molecule has 226 valence electrons. The number of amides is 2. The molecule has 0 bridgehead atoms. The molecule has 1 aliphatic rings. The van der Waals surface area contributed by atoms with Crippen LogP contribution in [0.25, 0.3) is 0 Å². The summed E-state index contributed by atoms with van der Waals surface area (Å²) in [5.41, 5.74) is 0. The van der Waals surface area contributed by atoms with Crippen LogP contribution in [0.1, 0.15) is 77.0 Å². The molecule has 1 rings (SSSR count). The summed E-state index contributed by atoms with van der Waals surface area (Å²) < 4.78 is 10.6. The Balaban J connectivity index is 2.44. The molecule has 0 aromatic heterocycles. The number of carboxylic acids is 2. The molecule has 6 atom stereocenters. The van der Waals surface area contributed by atoms with Crippen molar-refractivity contribution in [2.24, 2.45) is 0 Å². The molecule has 1 unspecified atom stereocenters. The number of aliphatic carboxylic acids is 2. The van der Waals surface area contributed by atoms with Crippen molar-refractivity contribution in [2.45, 2.75) is 114 Å². The molecule has 0 aromatic carbocycles. The minimum atomic E-state index is -1.68. The van der Waals surface area contributed by atoms with Crippen molar-refractivity contribution in [3.63, 3.8) is 0 Å². The van der Waals surface area contributed by atoms with Gasteiger partial charge in [0.15, 0.2) is 6.29 Å². The molecule has 0 aliphatic carbocycles. The molecule has 0 spiro atoms. The lowest BCUT2D eigenvalue weighted by Gasteiger charge is -2.39. The lowest BCUT2D eigenvalue weighted by Crippen LogP contribution is -2.60. The third-order valence-electron chi connectivity index (χ3n) is 6.36. The van der Waals surface area contributed by atoms with E-state index in [0.717, 1.165) is 44.9 Å². The molecule has 39 heavy (non-hydrogen) atoms. The van der Waals surface area contributed by atoms with Gasteiger partial charge >= 0.3 is 11.9 Å². The molecule has 14 nitrogen and oxygen atoms in total. The van der Waals surface area contributed by atoms with Crippen LogP contribution in [0.4, 0.5) is 0 Å². The summed E-state index contributed by atoms with van der Waals surface area (Å²) in [5.74, 6) is -3.24. The minimum absolute atomic E-state index is 0.207. The van der Waals surface area contributed by atoms with E-state index in [0.29, 0.717) is 19.4 Å². The highest BCUT2D eigenvalue weighted by Crippen LogP contribution is 2.22. The topological polar surface area (TPSA) is 232 Å². The summed E-state index contributed by atoms with van der Waals surface area (Å²) >= 11 is 0. The molecule has 0 saturated carbocycles. The Morgan fingerprint density at radius 1 is 0.744 bits per heavy atom. The maximum Gasteiger partial charge on any atom is 0.303 e. The molecular formula is C25H44N2O12. The summed E-state index contributed by atoms with van der Waals surface area (Å²) in [7, 11) is 0. The monoisotopic (exact) mass is 564 g/mol. The van der Waals surface area contributed by atoms with Gasteiger partial charge in [0.05, 0.1) is 19.6 Å². The number of carbonyl (C=O) groups excluding carboxylic acids is 2. The van der Waals surface area contributed by atoms with E-state index < -0.39 is 80.1 Å². The molecule has 0 aromatic rings. The van der Waals surface area contributed by atoms with Crippen LogP contribution in [0.2, 0.25) is 0 Å². The van der Waals surface area contributed by atoms with Crippen molar-refractivity contribution < 1.29 is 59.3 Å². The van der Waals surface area contributed by atoms with Crippen LogP contribution in [0.15, 0.2) is 0 Å². The highest BCUT2D eigenvalue weighted by molar-refractivity contribution is 5.88. The average Bonchev–Trinajstić information content (AvgIpc) is 2.89. The molecule has 2 amide bonds. The first-order valence-electron chi connectivity index (χ1n) is 13.5. The van der Waals surface area contributed by atoms with Gasteiger partial charge in [0.1, 0.15) is 30.5 Å². The van der Waals surface area contributed by atoms with E-state index in [1.165, 1.54) is 0 Å². The quantitative estimate of drug-likeness (QED) is 0.0805. The second kappa shape index (κ2) is 19.7. The van der Waals surface area contributed by atoms with E-state index in [2.05, 4.69) is 10.6 Å². The van der Waals surface area contributed by atoms with Crippen LogP contribution in [-0.4, -0.2) is 111 Å². The van der Waals surface area contributed by atoms with Gasteiger partial charge in [0.25, 0.3) is 0 Å². The molecule has 8 N–H and O–H groups in total. The second-order valence-corrected chi connectivity index (χ2v) is 9.66. The highest BCUT2D eigenvalue weighted by Gasteiger charge is 2.44. The van der Waals surface area contributed by atoms with Gasteiger partial charge in [-0.15, -0.1) is 0 Å². The molecule has 14 heteroatoms. The van der Waals surface area contributed by atoms with E-state index in [-0.39, 0.29) is 12.8 Å². The van der Waals surface area contributed by atoms with Gasteiger partial charge in [-0.3, -0.25) is 19.2 Å². The average molecular weight is 565 g/mol. The lowest BCUT2D eigenvalue weighted by molar-refractivity contribution is -0.301. The Kier molecular flexibility index (Phi) is 17.5. The second-order valence-electron chi connectivity index (χ2n) is 9.66. The van der Waals surface area contributed by atoms with Gasteiger partial charge in [-0.1, -0.05) is 44.9 Å². The number of hydrogen-bond acceptors (Lipinski definition) is 10. The van der Waals surface area contributed by atoms with Crippen LogP contribution < -0.4 is 10.6 Å². The van der Waals surface area contributed by atoms with Crippen LogP contribution >= 0.6 is 0 Å². The summed E-state index contributed by atoms with van der Waals surface area (Å²) in [6.45, 7) is -0.817. The Morgan fingerprint density at radius 3 is 1.87 bits per heavy atom. The fourth-order valence-electron chi connectivity index (χ4n) is 4.04. The van der Waals surface area contributed by atoms with Crippen molar-refractivity contribution in [2.75, 3.05) is 19.8 Å². The number of unbranched alkanes of at least 4 members (excludes halogenated alkanes) is 8. The van der Waals surface area contributed by atoms with E-state index in [1.807, 2.05) is 0 Å². The Bertz CT molecular complexity index is 751. The van der Waals surface area contributed by atoms with Gasteiger partial charge in [-0.25, -0.2) is 0 Å². The molecular weight excluding hydrogens is 520 g/mol. The van der Waals surface area contributed by atoms with E-state index in [1.54, 1.807) is 0 Å². The molecule has 1 fully saturated rings. The van der Waals surface area contributed by atoms with Gasteiger partial charge in [-0.05, 0) is 12.8 Å². The van der Waals surface area contributed by atoms with Crippen LogP contribution in [-0.2, 0) is 28.7 Å². The first-order valence-corrected chi connectivity index (χ1v) is 13.5. The zero-order valence-corrected chi connectivity index (χ0v) is 22.2. The molecule has 1 heterocycles. The van der Waals surface area contributed by atoms with Gasteiger partial charge in [0, 0.05) is 19.4 Å². The molecule has 0 radical (unpaired) electrons. The normalized spacial score (nSPS) is 23.6. The largest absolute Gasteiger partial charge is 0.481 e. The van der Waals surface area contributed by atoms with Crippen molar-refractivity contribution >= 4 is 23.8 Å². The fraction of sp³-hybridized carbons (Fsp3) is 0.840. The number of hydrogen-bond donors (Lipinski definition) is 8. The predicted octanol–water partition coefficient (Wildman–Crippen LogP) is -0.746. The predicted molar refractivity (Wildman–Crippen MR) is 135 cm³/mol. The van der Waals surface area contributed by atoms with Crippen LogP contribution in [0, 0.1) is 0 Å². The molecule has 1 aliphatic heterocycles. The van der Waals surface area contributed by atoms with E-state index in [4.69, 9.17) is 19.7 Å². The first kappa shape index (κ1) is 34.7. The molecule has 1 saturated heterocycles. The number of aliphatic hydroxyl groups excluding tert-OH is 4. The first-order chi connectivity index (χ1) is 18.6. The number of carbonyl (C=O) groups is 4. The zero-order chi connectivity index (χ0) is 29.2. The maximum absolute atomic E-state index is 12.7. The zero-order valence-electron chi connectivity index (χ0n) is 22.2. The van der Waals surface area contributed by atoms with Crippen molar-refractivity contribution in [3.05, 3.63) is 0 Å². The number of ether oxygens (including phenoxy) is 2. The third kappa shape index (κ3) is 14.6. The number of carboxylic acid groups (broad SMARTS) is 2. The van der Waals surface area contributed by atoms with E-state index >= 15 is 0 Å². The Labute approximate surface area is 227 Å². The van der Waals surface area contributed by atoms with Crippen LogP contribution in [0.5, 0.6) is 0 Å². The summed E-state index contributed by atoms with van der Waals surface area (Å²) in [5, 5.41) is 61.7. The lowest BCUT2D eigenvalue weighted by atomic mass is 9.99. The number of nitrogens with one attached hydrogen (secondary N) is 2. The minimum Gasteiger partial charge on any atom is -0.481 e. The number of aliphatic hydroxyl groups is 4. The SMILES string of the molecule is O=C(O)CCCCCCCCCCCNC(=O)C(CO[C@@H]1O[C@H](CO)[C@H](O)[C@H](O)[C@H]1O)NC(=O)CCC(=O)O. The fourth-order valence-corrected chi connectivity index (χ4v) is 4.04. The van der Waals surface area contributed by atoms with E-state index in [9.17, 15) is 39.6 Å². The van der Waals surface area contributed by atoms with Crippen molar-refractivity contribution in [1.82, 2.24) is 10.6 Å². The van der Waals surface area contributed by atoms with Crippen LogP contribution in [0.3, 0.4) is 0 Å². The summed E-state index contributed by atoms with van der Waals surface area (Å²) in [6, 6.07) is -1.25. The summed E-state index contributed by atoms with van der Waals surface area (Å²) in [4.78, 5) is 46.1. The maximum atomic E-state index is 12.7. The van der Waals surface area contributed by atoms with Gasteiger partial charge < -0.3 is 50.7 Å². The smallest absolute Gasteiger partial charge is 0.303 e. The Morgan fingerprint density at radius 2 is 1.31 bits per heavy atom. The van der Waals surface area contributed by atoms with Gasteiger partial charge in [-0.2, -0.15) is 0 Å². The standard InChI is InChI=1S/C25H44N2O12/c28-14-17-21(34)22(35)23(36)25(39-17)38-15-16(27-18(29)11-12-20(32)33)24(37)26-13-9-7-5-3-1-2-4-6-8-10-19(30)31/h16-17,21-23,25,28,34-36H,1-15H2,(H,26,37)(H,27,29)(H,30,31)(H,32,33)/t16?,17-,21+,22+,23-,25-/m1/s1. The highest BCUT2D eigenvalue weighted by atomic mass is 16.7. The Hall–Kier alpha value is -2.36. The number of rotatable bonds is 21. The van der Waals surface area contributed by atoms with Crippen molar-refractivity contribution in [3.8, 4) is 0 Å². The summed E-state index contributed by atoms with van der Waals surface area (Å²) in [6.07, 6.45) is 0.0608. The van der Waals surface area contributed by atoms with Gasteiger partial charge in [0.2, 0.25) is 11.8 Å². The third-order valence-corrected chi connectivity index (χ3v) is 6.36.